The van der Waals surface area contributed by atoms with Crippen LogP contribution >= 0.6 is 0 Å². The van der Waals surface area contributed by atoms with Crippen LogP contribution in [0.3, 0.4) is 0 Å². The molecule has 2 heterocycles. The fourth-order valence-corrected chi connectivity index (χ4v) is 4.08. The number of carboxylic acid groups (broad SMARTS) is 1. The second-order valence-electron chi connectivity index (χ2n) is 9.19. The van der Waals surface area contributed by atoms with Gasteiger partial charge in [0, 0.05) is 23.5 Å². The molecule has 3 N–H and O–H groups in total. The zero-order valence-corrected chi connectivity index (χ0v) is 21.4. The first-order valence-corrected chi connectivity index (χ1v) is 12.6. The smallest absolute Gasteiger partial charge is 0.321 e. The lowest BCUT2D eigenvalue weighted by Gasteiger charge is -2.18. The Labute approximate surface area is 230 Å². The predicted molar refractivity (Wildman–Crippen MR) is 148 cm³/mol. The first kappa shape index (κ1) is 26.6. The van der Waals surface area contributed by atoms with E-state index < -0.39 is 18.2 Å². The summed E-state index contributed by atoms with van der Waals surface area (Å²) >= 11 is 0. The Morgan fingerprint density at radius 3 is 2.38 bits per heavy atom. The minimum Gasteiger partial charge on any atom is -0.489 e. The quantitative estimate of drug-likeness (QED) is 0.187. The third-order valence-corrected chi connectivity index (χ3v) is 6.22. The molecule has 0 radical (unpaired) electrons. The van der Waals surface area contributed by atoms with E-state index >= 15 is 0 Å². The number of benzene rings is 3. The molecule has 5 aromatic rings. The minimum absolute atomic E-state index is 0.136. The summed E-state index contributed by atoms with van der Waals surface area (Å²) in [6, 6.07) is 25.3. The number of fused-ring (bicyclic) bond motifs is 1. The number of rotatable bonds is 9. The van der Waals surface area contributed by atoms with Crippen molar-refractivity contribution in [3.05, 3.63) is 137 Å². The molecule has 2 atom stereocenters. The van der Waals surface area contributed by atoms with E-state index in [4.69, 9.17) is 4.74 Å². The summed E-state index contributed by atoms with van der Waals surface area (Å²) in [5.41, 5.74) is 4.13. The van der Waals surface area contributed by atoms with Gasteiger partial charge in [-0.15, -0.1) is 0 Å². The molecule has 7 nitrogen and oxygen atoms in total. The van der Waals surface area contributed by atoms with E-state index in [2.05, 4.69) is 22.1 Å². The first-order chi connectivity index (χ1) is 19.4. The molecule has 0 aliphatic carbocycles. The van der Waals surface area contributed by atoms with Gasteiger partial charge in [-0.3, -0.25) is 10.1 Å². The zero-order valence-electron chi connectivity index (χ0n) is 21.4. The Bertz CT molecular complexity index is 1660. The summed E-state index contributed by atoms with van der Waals surface area (Å²) in [5.74, 6) is 5.41. The second kappa shape index (κ2) is 12.3. The maximum atomic E-state index is 13.1. The number of nitrogens with zero attached hydrogens (tertiary/aromatic N) is 2. The third-order valence-electron chi connectivity index (χ3n) is 6.22. The zero-order chi connectivity index (χ0) is 27.9. The highest BCUT2D eigenvalue weighted by molar-refractivity contribution is 5.74. The molecular weight excluding hydrogens is 509 g/mol. The van der Waals surface area contributed by atoms with E-state index in [1.54, 1.807) is 59.3 Å². The maximum absolute atomic E-state index is 13.1. The summed E-state index contributed by atoms with van der Waals surface area (Å²) < 4.78 is 20.5. The van der Waals surface area contributed by atoms with Crippen molar-refractivity contribution in [3.63, 3.8) is 0 Å². The van der Waals surface area contributed by atoms with E-state index in [-0.39, 0.29) is 18.8 Å². The summed E-state index contributed by atoms with van der Waals surface area (Å²) in [5, 5.41) is 23.3. The van der Waals surface area contributed by atoms with Crippen molar-refractivity contribution in [2.75, 3.05) is 0 Å². The average molecular weight is 536 g/mol. The number of imidazole rings is 1. The number of hydrogen-bond donors (Lipinski definition) is 3. The van der Waals surface area contributed by atoms with Crippen LogP contribution in [0.4, 0.5) is 4.39 Å². The van der Waals surface area contributed by atoms with Gasteiger partial charge < -0.3 is 19.4 Å². The largest absolute Gasteiger partial charge is 0.489 e. The number of aliphatic carboxylic acids is 1. The topological polar surface area (TPSA) is 96.1 Å². The number of halogens is 1. The molecule has 0 aliphatic heterocycles. The van der Waals surface area contributed by atoms with E-state index in [0.29, 0.717) is 17.1 Å². The standard InChI is InChI=1S/C32H26FN3O4/c33-26-12-8-25(9-13-26)21-40-27-14-10-23(11-15-27)18-28(32(38)39)35-31(37)29-20-36-17-16-24(19-30(36)34-29)7-6-22-4-2-1-3-5-22/h1-5,8-17,19-20,28,31,35,37H,18,21H2,(H,38,39). The molecule has 0 spiro atoms. The number of aliphatic hydroxyl groups excluding tert-OH is 1. The number of pyridine rings is 1. The Balaban J connectivity index is 1.21. The number of nitrogens with one attached hydrogen (secondary N) is 1. The highest BCUT2D eigenvalue weighted by Crippen LogP contribution is 2.18. The van der Waals surface area contributed by atoms with E-state index in [0.717, 1.165) is 22.3 Å². The molecule has 0 saturated heterocycles. The van der Waals surface area contributed by atoms with Crippen molar-refractivity contribution in [2.24, 2.45) is 0 Å². The van der Waals surface area contributed by atoms with Crippen molar-refractivity contribution >= 4 is 11.6 Å². The first-order valence-electron chi connectivity index (χ1n) is 12.6. The lowest BCUT2D eigenvalue weighted by atomic mass is 10.1. The molecule has 2 unspecified atom stereocenters. The lowest BCUT2D eigenvalue weighted by molar-refractivity contribution is -0.140. The van der Waals surface area contributed by atoms with Crippen molar-refractivity contribution in [1.29, 1.82) is 0 Å². The van der Waals surface area contributed by atoms with Crippen molar-refractivity contribution in [2.45, 2.75) is 25.3 Å². The SMILES string of the molecule is O=C(O)C(Cc1ccc(OCc2ccc(F)cc2)cc1)NC(O)c1cn2ccc(C#Cc3ccccc3)cc2n1. The fraction of sp³-hybridized carbons (Fsp3) is 0.125. The molecular formula is C32H26FN3O4. The van der Waals surface area contributed by atoms with Crippen LogP contribution in [0.1, 0.15) is 34.2 Å². The minimum atomic E-state index is -1.29. The summed E-state index contributed by atoms with van der Waals surface area (Å²) in [6.45, 7) is 0.283. The summed E-state index contributed by atoms with van der Waals surface area (Å²) in [4.78, 5) is 16.4. The normalized spacial score (nSPS) is 12.3. The molecule has 0 saturated carbocycles. The van der Waals surface area contributed by atoms with Gasteiger partial charge in [0.15, 0.2) is 0 Å². The summed E-state index contributed by atoms with van der Waals surface area (Å²) in [7, 11) is 0. The second-order valence-corrected chi connectivity index (χ2v) is 9.19. The molecule has 0 bridgehead atoms. The van der Waals surface area contributed by atoms with Crippen LogP contribution in [0.25, 0.3) is 5.65 Å². The highest BCUT2D eigenvalue weighted by atomic mass is 19.1. The highest BCUT2D eigenvalue weighted by Gasteiger charge is 2.23. The Morgan fingerprint density at radius 1 is 0.950 bits per heavy atom. The van der Waals surface area contributed by atoms with Crippen LogP contribution in [-0.2, 0) is 17.8 Å². The van der Waals surface area contributed by atoms with Crippen LogP contribution < -0.4 is 10.1 Å². The molecule has 200 valence electrons. The van der Waals surface area contributed by atoms with Crippen LogP contribution in [0.2, 0.25) is 0 Å². The Hall–Kier alpha value is -4.97. The van der Waals surface area contributed by atoms with Crippen molar-refractivity contribution in [1.82, 2.24) is 14.7 Å². The van der Waals surface area contributed by atoms with Crippen LogP contribution in [0, 0.1) is 17.7 Å². The number of ether oxygens (including phenoxy) is 1. The number of aliphatic hydroxyl groups is 1. The molecule has 40 heavy (non-hydrogen) atoms. The van der Waals surface area contributed by atoms with Gasteiger partial charge in [0.2, 0.25) is 0 Å². The monoisotopic (exact) mass is 535 g/mol. The van der Waals surface area contributed by atoms with E-state index in [1.165, 1.54) is 12.1 Å². The number of aromatic nitrogens is 2. The Kier molecular flexibility index (Phi) is 8.16. The molecule has 5 rings (SSSR count). The van der Waals surface area contributed by atoms with Crippen molar-refractivity contribution < 1.29 is 24.1 Å². The van der Waals surface area contributed by atoms with Crippen LogP contribution in [0.15, 0.2) is 103 Å². The maximum Gasteiger partial charge on any atom is 0.321 e. The van der Waals surface area contributed by atoms with Crippen molar-refractivity contribution in [3.8, 4) is 17.6 Å². The summed E-state index contributed by atoms with van der Waals surface area (Å²) in [6.07, 6.45) is 2.28. The fourth-order valence-electron chi connectivity index (χ4n) is 4.08. The molecule has 0 amide bonds. The number of hydrogen-bond acceptors (Lipinski definition) is 5. The van der Waals surface area contributed by atoms with Gasteiger partial charge in [0.25, 0.3) is 0 Å². The van der Waals surface area contributed by atoms with Gasteiger partial charge in [0.05, 0.1) is 0 Å². The van der Waals surface area contributed by atoms with Gasteiger partial charge in [-0.1, -0.05) is 54.3 Å². The van der Waals surface area contributed by atoms with Crippen LogP contribution in [-0.4, -0.2) is 31.6 Å². The van der Waals surface area contributed by atoms with Gasteiger partial charge in [-0.25, -0.2) is 9.37 Å². The van der Waals surface area contributed by atoms with Gasteiger partial charge in [0.1, 0.15) is 41.8 Å². The average Bonchev–Trinajstić information content (AvgIpc) is 3.40. The molecule has 0 aliphatic rings. The predicted octanol–water partition coefficient (Wildman–Crippen LogP) is 4.73. The van der Waals surface area contributed by atoms with E-state index in [1.807, 2.05) is 36.4 Å². The third kappa shape index (κ3) is 6.91. The number of carbonyl (C=O) groups is 1. The number of carboxylic acids is 1. The molecule has 0 fully saturated rings. The van der Waals surface area contributed by atoms with Gasteiger partial charge in [-0.05, 0) is 66.1 Å². The molecule has 2 aromatic heterocycles. The lowest BCUT2D eigenvalue weighted by Crippen LogP contribution is -2.41. The Morgan fingerprint density at radius 2 is 1.65 bits per heavy atom. The van der Waals surface area contributed by atoms with Gasteiger partial charge in [-0.2, -0.15) is 0 Å². The molecule has 3 aromatic carbocycles. The van der Waals surface area contributed by atoms with Gasteiger partial charge >= 0.3 is 5.97 Å². The molecule has 8 heteroatoms. The van der Waals surface area contributed by atoms with E-state index in [9.17, 15) is 19.4 Å². The van der Waals surface area contributed by atoms with Crippen LogP contribution in [0.5, 0.6) is 5.75 Å².